The molecule has 2 aromatic rings. The Bertz CT molecular complexity index is 535. The molecule has 0 spiro atoms. The maximum atomic E-state index is 13.2. The van der Waals surface area contributed by atoms with Crippen molar-refractivity contribution in [3.8, 4) is 11.1 Å². The Morgan fingerprint density at radius 3 is 2.50 bits per heavy atom. The third-order valence-corrected chi connectivity index (χ3v) is 2.62. The van der Waals surface area contributed by atoms with Gasteiger partial charge in [0.2, 0.25) is 0 Å². The van der Waals surface area contributed by atoms with Crippen LogP contribution in [0.1, 0.15) is 11.1 Å². The van der Waals surface area contributed by atoms with Crippen molar-refractivity contribution < 1.29 is 4.39 Å². The van der Waals surface area contributed by atoms with Gasteiger partial charge in [-0.1, -0.05) is 6.07 Å². The summed E-state index contributed by atoms with van der Waals surface area (Å²) < 4.78 is 13.2. The number of pyridine rings is 1. The largest absolute Gasteiger partial charge is 0.384 e. The van der Waals surface area contributed by atoms with Crippen LogP contribution in [0.4, 0.5) is 10.2 Å². The molecule has 1 aromatic carbocycles. The number of halogens is 1. The van der Waals surface area contributed by atoms with Crippen LogP contribution >= 0.6 is 0 Å². The number of anilines is 1. The topological polar surface area (TPSA) is 38.9 Å². The van der Waals surface area contributed by atoms with Crippen LogP contribution in [0.25, 0.3) is 11.1 Å². The van der Waals surface area contributed by atoms with Crippen molar-refractivity contribution in [3.05, 3.63) is 47.4 Å². The van der Waals surface area contributed by atoms with Crippen LogP contribution in [-0.2, 0) is 0 Å². The van der Waals surface area contributed by atoms with Crippen molar-refractivity contribution in [2.45, 2.75) is 13.8 Å². The van der Waals surface area contributed by atoms with Crippen molar-refractivity contribution >= 4 is 5.82 Å². The second-order valence-corrected chi connectivity index (χ2v) is 3.88. The number of hydrogen-bond donors (Lipinski definition) is 1. The monoisotopic (exact) mass is 216 g/mol. The standard InChI is InChI=1S/C13H13FN2/c1-8-3-4-10(14)6-11(8)12-7-16-13(15)5-9(12)2/h3-7H,1-2H3,(H2,15,16). The summed E-state index contributed by atoms with van der Waals surface area (Å²) in [7, 11) is 0. The first kappa shape index (κ1) is 10.6. The van der Waals surface area contributed by atoms with E-state index in [1.807, 2.05) is 13.8 Å². The van der Waals surface area contributed by atoms with Gasteiger partial charge in [-0.25, -0.2) is 9.37 Å². The van der Waals surface area contributed by atoms with Crippen LogP contribution in [-0.4, -0.2) is 4.98 Å². The van der Waals surface area contributed by atoms with Gasteiger partial charge in [0.05, 0.1) is 0 Å². The first-order chi connectivity index (χ1) is 7.58. The van der Waals surface area contributed by atoms with E-state index in [2.05, 4.69) is 4.98 Å². The molecule has 0 atom stereocenters. The minimum absolute atomic E-state index is 0.239. The van der Waals surface area contributed by atoms with Crippen molar-refractivity contribution in [1.29, 1.82) is 0 Å². The molecule has 0 saturated carbocycles. The maximum absolute atomic E-state index is 13.2. The number of aryl methyl sites for hydroxylation is 2. The van der Waals surface area contributed by atoms with Crippen LogP contribution in [0.5, 0.6) is 0 Å². The molecular weight excluding hydrogens is 203 g/mol. The average Bonchev–Trinajstić information content (AvgIpc) is 2.22. The first-order valence-electron chi connectivity index (χ1n) is 5.06. The van der Waals surface area contributed by atoms with Crippen molar-refractivity contribution in [2.75, 3.05) is 5.73 Å². The van der Waals surface area contributed by atoms with Crippen molar-refractivity contribution in [2.24, 2.45) is 0 Å². The average molecular weight is 216 g/mol. The zero-order valence-corrected chi connectivity index (χ0v) is 9.29. The fourth-order valence-electron chi connectivity index (χ4n) is 1.74. The van der Waals surface area contributed by atoms with Gasteiger partial charge < -0.3 is 5.73 Å². The Labute approximate surface area is 93.9 Å². The number of aromatic nitrogens is 1. The molecule has 0 aliphatic carbocycles. The number of rotatable bonds is 1. The van der Waals surface area contributed by atoms with Gasteiger partial charge >= 0.3 is 0 Å². The number of nitrogen functional groups attached to an aromatic ring is 1. The van der Waals surface area contributed by atoms with E-state index in [1.54, 1.807) is 18.3 Å². The molecule has 1 aromatic heterocycles. The molecule has 2 rings (SSSR count). The number of benzene rings is 1. The Hall–Kier alpha value is -1.90. The van der Waals surface area contributed by atoms with E-state index in [1.165, 1.54) is 12.1 Å². The van der Waals surface area contributed by atoms with E-state index >= 15 is 0 Å². The van der Waals surface area contributed by atoms with Crippen LogP contribution in [0.15, 0.2) is 30.5 Å². The van der Waals surface area contributed by atoms with Gasteiger partial charge in [-0.3, -0.25) is 0 Å². The molecular formula is C13H13FN2. The molecule has 2 nitrogen and oxygen atoms in total. The number of hydrogen-bond acceptors (Lipinski definition) is 2. The summed E-state index contributed by atoms with van der Waals surface area (Å²) in [6.07, 6.45) is 1.69. The van der Waals surface area contributed by atoms with E-state index in [0.29, 0.717) is 5.82 Å². The Morgan fingerprint density at radius 1 is 1.06 bits per heavy atom. The fraction of sp³-hybridized carbons (Fsp3) is 0.154. The van der Waals surface area contributed by atoms with Gasteiger partial charge in [-0.2, -0.15) is 0 Å². The van der Waals surface area contributed by atoms with Crippen molar-refractivity contribution in [3.63, 3.8) is 0 Å². The minimum Gasteiger partial charge on any atom is -0.384 e. The zero-order chi connectivity index (χ0) is 11.7. The van der Waals surface area contributed by atoms with Gasteiger partial charge in [0.25, 0.3) is 0 Å². The second kappa shape index (κ2) is 3.93. The quantitative estimate of drug-likeness (QED) is 0.795. The highest BCUT2D eigenvalue weighted by Crippen LogP contribution is 2.27. The van der Waals surface area contributed by atoms with Crippen molar-refractivity contribution in [1.82, 2.24) is 4.98 Å². The van der Waals surface area contributed by atoms with Gasteiger partial charge in [0.1, 0.15) is 11.6 Å². The molecule has 0 amide bonds. The summed E-state index contributed by atoms with van der Waals surface area (Å²) >= 11 is 0. The SMILES string of the molecule is Cc1cc(N)ncc1-c1cc(F)ccc1C. The second-order valence-electron chi connectivity index (χ2n) is 3.88. The molecule has 3 heteroatoms. The zero-order valence-electron chi connectivity index (χ0n) is 9.29. The summed E-state index contributed by atoms with van der Waals surface area (Å²) in [5, 5.41) is 0. The molecule has 0 saturated heterocycles. The summed E-state index contributed by atoms with van der Waals surface area (Å²) in [5.74, 6) is 0.243. The number of nitrogens with zero attached hydrogens (tertiary/aromatic N) is 1. The molecule has 2 N–H and O–H groups in total. The lowest BCUT2D eigenvalue weighted by atomic mass is 9.98. The molecule has 16 heavy (non-hydrogen) atoms. The lowest BCUT2D eigenvalue weighted by Crippen LogP contribution is -1.94. The van der Waals surface area contributed by atoms with Gasteiger partial charge in [-0.15, -0.1) is 0 Å². The molecule has 82 valence electrons. The number of nitrogens with two attached hydrogens (primary N) is 1. The predicted molar refractivity (Wildman–Crippen MR) is 63.5 cm³/mol. The van der Waals surface area contributed by atoms with Crippen LogP contribution in [0.3, 0.4) is 0 Å². The third kappa shape index (κ3) is 1.89. The smallest absolute Gasteiger partial charge is 0.123 e. The van der Waals surface area contributed by atoms with E-state index in [0.717, 1.165) is 22.3 Å². The van der Waals surface area contributed by atoms with Gasteiger partial charge in [0.15, 0.2) is 0 Å². The molecule has 0 bridgehead atoms. The molecule has 0 aliphatic heterocycles. The molecule has 0 unspecified atom stereocenters. The Kier molecular flexibility index (Phi) is 2.60. The minimum atomic E-state index is -0.239. The summed E-state index contributed by atoms with van der Waals surface area (Å²) in [5.41, 5.74) is 9.40. The normalized spacial score (nSPS) is 10.4. The Balaban J connectivity index is 2.62. The lowest BCUT2D eigenvalue weighted by molar-refractivity contribution is 0.628. The maximum Gasteiger partial charge on any atom is 0.123 e. The predicted octanol–water partition coefficient (Wildman–Crippen LogP) is 3.09. The highest BCUT2D eigenvalue weighted by Gasteiger charge is 2.07. The lowest BCUT2D eigenvalue weighted by Gasteiger charge is -2.09. The van der Waals surface area contributed by atoms with E-state index < -0.39 is 0 Å². The fourth-order valence-corrected chi connectivity index (χ4v) is 1.74. The molecule has 1 heterocycles. The third-order valence-electron chi connectivity index (χ3n) is 2.62. The van der Waals surface area contributed by atoms with Gasteiger partial charge in [0, 0.05) is 11.8 Å². The van der Waals surface area contributed by atoms with E-state index in [-0.39, 0.29) is 5.82 Å². The molecule has 0 fully saturated rings. The van der Waals surface area contributed by atoms with Crippen LogP contribution in [0.2, 0.25) is 0 Å². The van der Waals surface area contributed by atoms with Crippen LogP contribution < -0.4 is 5.73 Å². The Morgan fingerprint density at radius 2 is 1.81 bits per heavy atom. The van der Waals surface area contributed by atoms with E-state index in [9.17, 15) is 4.39 Å². The highest BCUT2D eigenvalue weighted by atomic mass is 19.1. The summed E-state index contributed by atoms with van der Waals surface area (Å²) in [4.78, 5) is 4.04. The van der Waals surface area contributed by atoms with Gasteiger partial charge in [-0.05, 0) is 48.7 Å². The summed E-state index contributed by atoms with van der Waals surface area (Å²) in [6.45, 7) is 3.89. The molecule has 0 aliphatic rings. The summed E-state index contributed by atoms with van der Waals surface area (Å²) in [6, 6.07) is 6.54. The van der Waals surface area contributed by atoms with E-state index in [4.69, 9.17) is 5.73 Å². The molecule has 0 radical (unpaired) electrons. The first-order valence-corrected chi connectivity index (χ1v) is 5.06. The van der Waals surface area contributed by atoms with Crippen LogP contribution in [0, 0.1) is 19.7 Å². The highest BCUT2D eigenvalue weighted by molar-refractivity contribution is 5.70.